The second-order valence-electron chi connectivity index (χ2n) is 5.45. The first kappa shape index (κ1) is 17.4. The monoisotopic (exact) mass is 325 g/mol. The third-order valence-corrected chi connectivity index (χ3v) is 3.65. The molecule has 1 aromatic carbocycles. The van der Waals surface area contributed by atoms with Crippen molar-refractivity contribution in [2.75, 3.05) is 18.5 Å². The van der Waals surface area contributed by atoms with Gasteiger partial charge in [-0.15, -0.1) is 0 Å². The number of halogens is 1. The fourth-order valence-electron chi connectivity index (χ4n) is 2.25. The van der Waals surface area contributed by atoms with Crippen LogP contribution in [0.15, 0.2) is 18.2 Å². The van der Waals surface area contributed by atoms with Gasteiger partial charge in [-0.05, 0) is 44.4 Å². The summed E-state index contributed by atoms with van der Waals surface area (Å²) >= 11 is 0. The number of aromatic carboxylic acids is 1. The van der Waals surface area contributed by atoms with Crippen LogP contribution in [0.25, 0.3) is 0 Å². The second-order valence-corrected chi connectivity index (χ2v) is 5.45. The van der Waals surface area contributed by atoms with Gasteiger partial charge in [-0.25, -0.2) is 9.18 Å². The third-order valence-electron chi connectivity index (χ3n) is 3.65. The number of carbonyl (C=O) groups excluding carboxylic acids is 1. The van der Waals surface area contributed by atoms with Crippen LogP contribution in [0, 0.1) is 5.82 Å². The molecular formula is C16H20FNO5. The first-order chi connectivity index (χ1) is 11.0. The summed E-state index contributed by atoms with van der Waals surface area (Å²) in [6, 6.07) is 3.21. The summed E-state index contributed by atoms with van der Waals surface area (Å²) in [5.41, 5.74) is -0.287. The van der Waals surface area contributed by atoms with Crippen molar-refractivity contribution >= 4 is 17.6 Å². The van der Waals surface area contributed by atoms with Crippen molar-refractivity contribution in [3.05, 3.63) is 29.6 Å². The van der Waals surface area contributed by atoms with Crippen LogP contribution in [-0.2, 0) is 14.3 Å². The van der Waals surface area contributed by atoms with Crippen molar-refractivity contribution in [2.45, 2.75) is 38.4 Å². The lowest BCUT2D eigenvalue weighted by atomic mass is 10.1. The number of hydrogen-bond acceptors (Lipinski definition) is 4. The molecule has 126 valence electrons. The molecule has 7 heteroatoms. The van der Waals surface area contributed by atoms with Crippen LogP contribution in [0.1, 0.15) is 36.5 Å². The molecule has 0 aliphatic carbocycles. The Morgan fingerprint density at radius 3 is 2.91 bits per heavy atom. The lowest BCUT2D eigenvalue weighted by Gasteiger charge is -2.24. The number of ether oxygens (including phenoxy) is 2. The number of nitrogens with one attached hydrogen (secondary N) is 1. The van der Waals surface area contributed by atoms with E-state index in [-0.39, 0.29) is 17.4 Å². The highest BCUT2D eigenvalue weighted by molar-refractivity contribution is 5.96. The van der Waals surface area contributed by atoms with Crippen LogP contribution in [0.4, 0.5) is 10.1 Å². The quantitative estimate of drug-likeness (QED) is 0.839. The Balaban J connectivity index is 1.90. The molecule has 1 amide bonds. The van der Waals surface area contributed by atoms with E-state index in [1.165, 1.54) is 0 Å². The lowest BCUT2D eigenvalue weighted by molar-refractivity contribution is -0.130. The molecule has 2 N–H and O–H groups in total. The first-order valence-electron chi connectivity index (χ1n) is 7.54. The van der Waals surface area contributed by atoms with Crippen molar-refractivity contribution in [1.29, 1.82) is 0 Å². The van der Waals surface area contributed by atoms with Crippen LogP contribution in [0.5, 0.6) is 0 Å². The van der Waals surface area contributed by atoms with Gasteiger partial charge < -0.3 is 19.9 Å². The van der Waals surface area contributed by atoms with E-state index in [0.717, 1.165) is 37.5 Å². The minimum absolute atomic E-state index is 0.0222. The van der Waals surface area contributed by atoms with Gasteiger partial charge in [-0.1, -0.05) is 0 Å². The molecule has 1 saturated heterocycles. The Labute approximate surface area is 133 Å². The maximum absolute atomic E-state index is 13.7. The normalized spacial score (nSPS) is 19.1. The van der Waals surface area contributed by atoms with Crippen molar-refractivity contribution < 1.29 is 28.6 Å². The van der Waals surface area contributed by atoms with Crippen molar-refractivity contribution in [2.24, 2.45) is 0 Å². The number of carbonyl (C=O) groups is 2. The van der Waals surface area contributed by atoms with Gasteiger partial charge in [0.15, 0.2) is 0 Å². The van der Waals surface area contributed by atoms with Gasteiger partial charge in [0.1, 0.15) is 11.9 Å². The zero-order chi connectivity index (χ0) is 16.8. The predicted molar refractivity (Wildman–Crippen MR) is 81.0 cm³/mol. The summed E-state index contributed by atoms with van der Waals surface area (Å²) in [6.07, 6.45) is 2.18. The van der Waals surface area contributed by atoms with Gasteiger partial charge in [-0.2, -0.15) is 0 Å². The maximum Gasteiger partial charge on any atom is 0.335 e. The molecule has 2 atom stereocenters. The topological polar surface area (TPSA) is 84.9 Å². The Hall–Kier alpha value is -1.99. The Bertz CT molecular complexity index is 572. The predicted octanol–water partition coefficient (Wildman–Crippen LogP) is 2.44. The standard InChI is InChI=1S/C16H20FNO5/c1-10(23-9-12-4-2-3-7-22-12)15(19)18-14-8-11(16(20)21)5-6-13(14)17/h5-6,8,10,12H,2-4,7,9H2,1H3,(H,18,19)(H,20,21). The van der Waals surface area contributed by atoms with E-state index in [4.69, 9.17) is 14.6 Å². The third kappa shape index (κ3) is 5.01. The number of carboxylic acids is 1. The van der Waals surface area contributed by atoms with E-state index >= 15 is 0 Å². The van der Waals surface area contributed by atoms with E-state index < -0.39 is 23.8 Å². The van der Waals surface area contributed by atoms with Crippen LogP contribution >= 0.6 is 0 Å². The molecule has 1 aromatic rings. The van der Waals surface area contributed by atoms with Crippen molar-refractivity contribution in [3.63, 3.8) is 0 Å². The molecule has 0 spiro atoms. The van der Waals surface area contributed by atoms with Crippen molar-refractivity contribution in [3.8, 4) is 0 Å². The van der Waals surface area contributed by atoms with Gasteiger partial charge in [0.2, 0.25) is 0 Å². The Morgan fingerprint density at radius 2 is 2.26 bits per heavy atom. The second kappa shape index (κ2) is 8.03. The molecule has 6 nitrogen and oxygen atoms in total. The summed E-state index contributed by atoms with van der Waals surface area (Å²) in [6.45, 7) is 2.55. The summed E-state index contributed by atoms with van der Waals surface area (Å²) in [4.78, 5) is 22.9. The Morgan fingerprint density at radius 1 is 1.48 bits per heavy atom. The summed E-state index contributed by atoms with van der Waals surface area (Å²) in [7, 11) is 0. The highest BCUT2D eigenvalue weighted by Gasteiger charge is 2.20. The number of benzene rings is 1. The molecule has 2 rings (SSSR count). The van der Waals surface area contributed by atoms with E-state index in [1.54, 1.807) is 6.92 Å². The van der Waals surface area contributed by atoms with E-state index in [0.29, 0.717) is 13.2 Å². The zero-order valence-electron chi connectivity index (χ0n) is 12.9. The number of anilines is 1. The van der Waals surface area contributed by atoms with Gasteiger partial charge in [0.25, 0.3) is 5.91 Å². The zero-order valence-corrected chi connectivity index (χ0v) is 12.9. The fourth-order valence-corrected chi connectivity index (χ4v) is 2.25. The number of amides is 1. The molecule has 1 heterocycles. The average Bonchev–Trinajstić information content (AvgIpc) is 2.55. The highest BCUT2D eigenvalue weighted by Crippen LogP contribution is 2.17. The van der Waals surface area contributed by atoms with Crippen LogP contribution in [-0.4, -0.2) is 42.4 Å². The minimum atomic E-state index is -1.20. The highest BCUT2D eigenvalue weighted by atomic mass is 19.1. The fraction of sp³-hybridized carbons (Fsp3) is 0.500. The molecule has 0 saturated carbocycles. The van der Waals surface area contributed by atoms with Crippen LogP contribution < -0.4 is 5.32 Å². The smallest absolute Gasteiger partial charge is 0.335 e. The van der Waals surface area contributed by atoms with Gasteiger partial charge in [0.05, 0.1) is 24.0 Å². The van der Waals surface area contributed by atoms with Gasteiger partial charge in [-0.3, -0.25) is 4.79 Å². The minimum Gasteiger partial charge on any atom is -0.478 e. The molecule has 1 aliphatic rings. The first-order valence-corrected chi connectivity index (χ1v) is 7.54. The SMILES string of the molecule is CC(OCC1CCCCO1)C(=O)Nc1cc(C(=O)O)ccc1F. The van der Waals surface area contributed by atoms with Gasteiger partial charge in [0, 0.05) is 6.61 Å². The summed E-state index contributed by atoms with van der Waals surface area (Å²) < 4.78 is 24.6. The molecule has 0 aromatic heterocycles. The number of rotatable bonds is 6. The largest absolute Gasteiger partial charge is 0.478 e. The molecule has 0 radical (unpaired) electrons. The average molecular weight is 325 g/mol. The van der Waals surface area contributed by atoms with Crippen LogP contribution in [0.3, 0.4) is 0 Å². The van der Waals surface area contributed by atoms with E-state index in [9.17, 15) is 14.0 Å². The molecular weight excluding hydrogens is 305 g/mol. The molecule has 1 aliphatic heterocycles. The lowest BCUT2D eigenvalue weighted by Crippen LogP contribution is -2.32. The van der Waals surface area contributed by atoms with E-state index in [2.05, 4.69) is 5.32 Å². The van der Waals surface area contributed by atoms with E-state index in [1.807, 2.05) is 0 Å². The van der Waals surface area contributed by atoms with Crippen LogP contribution in [0.2, 0.25) is 0 Å². The number of carboxylic acid groups (broad SMARTS) is 1. The number of hydrogen-bond donors (Lipinski definition) is 2. The Kier molecular flexibility index (Phi) is 6.06. The van der Waals surface area contributed by atoms with Gasteiger partial charge >= 0.3 is 5.97 Å². The maximum atomic E-state index is 13.7. The molecule has 2 unspecified atom stereocenters. The van der Waals surface area contributed by atoms with Crippen molar-refractivity contribution in [1.82, 2.24) is 0 Å². The molecule has 23 heavy (non-hydrogen) atoms. The molecule has 0 bridgehead atoms. The molecule has 1 fully saturated rings. The summed E-state index contributed by atoms with van der Waals surface area (Å²) in [5.74, 6) is -2.44. The summed E-state index contributed by atoms with van der Waals surface area (Å²) in [5, 5.41) is 11.2.